The van der Waals surface area contributed by atoms with Crippen LogP contribution >= 0.6 is 0 Å². The summed E-state index contributed by atoms with van der Waals surface area (Å²) in [5.41, 5.74) is 0. The van der Waals surface area contributed by atoms with Gasteiger partial charge in [-0.3, -0.25) is 9.59 Å². The van der Waals surface area contributed by atoms with Gasteiger partial charge in [-0.15, -0.1) is 0 Å². The third-order valence-electron chi connectivity index (χ3n) is 10.5. The molecule has 3 N–H and O–H groups in total. The van der Waals surface area contributed by atoms with E-state index in [0.29, 0.717) is 25.7 Å². The van der Waals surface area contributed by atoms with Crippen molar-refractivity contribution in [2.24, 2.45) is 0 Å². The molecule has 0 fully saturated rings. The summed E-state index contributed by atoms with van der Waals surface area (Å²) >= 11 is 0. The minimum Gasteiger partial charge on any atom is -0.462 e. The Morgan fingerprint density at radius 3 is 1.43 bits per heavy atom. The number of carbonyl (C=O) groups is 2. The number of allylic oxidation sites excluding steroid dienone is 4. The van der Waals surface area contributed by atoms with Crippen LogP contribution in [-0.4, -0.2) is 46.9 Å². The van der Waals surface area contributed by atoms with Crippen LogP contribution < -0.4 is 5.32 Å². The first-order valence-electron chi connectivity index (χ1n) is 23.1. The second-order valence-electron chi connectivity index (χ2n) is 15.8. The molecule has 1 amide bonds. The van der Waals surface area contributed by atoms with E-state index in [0.717, 1.165) is 51.4 Å². The molecule has 0 aromatic carbocycles. The smallest absolute Gasteiger partial charge is 0.306 e. The van der Waals surface area contributed by atoms with Crippen LogP contribution in [0.4, 0.5) is 0 Å². The first-order valence-corrected chi connectivity index (χ1v) is 23.1. The highest BCUT2D eigenvalue weighted by molar-refractivity contribution is 5.77. The highest BCUT2D eigenvalue weighted by Gasteiger charge is 2.24. The van der Waals surface area contributed by atoms with Crippen LogP contribution in [0.2, 0.25) is 0 Å². The quantitative estimate of drug-likeness (QED) is 0.0329. The van der Waals surface area contributed by atoms with Crippen LogP contribution in [0.25, 0.3) is 0 Å². The van der Waals surface area contributed by atoms with E-state index in [-0.39, 0.29) is 24.9 Å². The summed E-state index contributed by atoms with van der Waals surface area (Å²) in [6, 6.07) is -0.704. The Kier molecular flexibility index (Phi) is 40.2. The minimum absolute atomic E-state index is 0.0596. The summed E-state index contributed by atoms with van der Waals surface area (Å²) < 4.78 is 5.86. The number of nitrogens with one attached hydrogen (secondary N) is 1. The summed E-state index contributed by atoms with van der Waals surface area (Å²) in [5.74, 6) is -0.548. The van der Waals surface area contributed by atoms with Crippen molar-refractivity contribution in [3.8, 4) is 0 Å². The highest BCUT2D eigenvalue weighted by Crippen LogP contribution is 2.17. The lowest BCUT2D eigenvalue weighted by Crippen LogP contribution is -2.46. The van der Waals surface area contributed by atoms with Gasteiger partial charge in [0, 0.05) is 6.42 Å². The maximum Gasteiger partial charge on any atom is 0.306 e. The van der Waals surface area contributed by atoms with Gasteiger partial charge in [0.15, 0.2) is 0 Å². The van der Waals surface area contributed by atoms with E-state index in [9.17, 15) is 19.8 Å². The van der Waals surface area contributed by atoms with Crippen molar-refractivity contribution >= 4 is 11.9 Å². The Balaban J connectivity index is 4.62. The maximum atomic E-state index is 13.1. The van der Waals surface area contributed by atoms with E-state index in [1.165, 1.54) is 135 Å². The van der Waals surface area contributed by atoms with Gasteiger partial charge < -0.3 is 20.3 Å². The van der Waals surface area contributed by atoms with E-state index in [4.69, 9.17) is 4.74 Å². The Morgan fingerprint density at radius 2 is 0.962 bits per heavy atom. The molecule has 0 radical (unpaired) electrons. The number of esters is 1. The number of hydrogen-bond donors (Lipinski definition) is 3. The number of rotatable bonds is 41. The number of aliphatic hydroxyl groups excluding tert-OH is 2. The number of unbranched alkanes of at least 4 members (excludes halogenated alkanes) is 25. The molecule has 312 valence electrons. The zero-order valence-electron chi connectivity index (χ0n) is 35.4. The average molecular weight is 748 g/mol. The molecule has 0 aliphatic rings. The van der Waals surface area contributed by atoms with Crippen molar-refractivity contribution in [3.63, 3.8) is 0 Å². The Labute approximate surface area is 329 Å². The van der Waals surface area contributed by atoms with Gasteiger partial charge in [0.25, 0.3) is 0 Å². The van der Waals surface area contributed by atoms with E-state index in [1.807, 2.05) is 6.08 Å². The van der Waals surface area contributed by atoms with Gasteiger partial charge >= 0.3 is 5.97 Å². The lowest BCUT2D eigenvalue weighted by Gasteiger charge is -2.24. The predicted molar refractivity (Wildman–Crippen MR) is 227 cm³/mol. The molecule has 0 saturated heterocycles. The third-order valence-corrected chi connectivity index (χ3v) is 10.5. The van der Waals surface area contributed by atoms with E-state index in [1.54, 1.807) is 0 Å². The molecule has 0 rings (SSSR count). The van der Waals surface area contributed by atoms with Crippen molar-refractivity contribution in [3.05, 3.63) is 24.3 Å². The molecule has 53 heavy (non-hydrogen) atoms. The van der Waals surface area contributed by atoms with Crippen LogP contribution in [0.5, 0.6) is 0 Å². The standard InChI is InChI=1S/C47H89NO5/c1-4-7-10-13-16-19-22-23-25-28-31-34-37-40-47(52)53-43(38-35-32-29-26-21-18-15-12-9-6-3)41-46(51)48-44(42-49)45(50)39-36-33-30-27-24-20-17-14-11-8-5-2/h23,25,31,34,43-45,49-50H,4-22,24,26-30,32-33,35-42H2,1-3H3,(H,48,51)/b25-23-,34-31+. The first kappa shape index (κ1) is 51.3. The first-order chi connectivity index (χ1) is 26.0. The van der Waals surface area contributed by atoms with Crippen LogP contribution in [-0.2, 0) is 14.3 Å². The fourth-order valence-corrected chi connectivity index (χ4v) is 7.01. The number of amides is 1. The second kappa shape index (κ2) is 41.5. The van der Waals surface area contributed by atoms with E-state index >= 15 is 0 Å². The topological polar surface area (TPSA) is 95.9 Å². The van der Waals surface area contributed by atoms with Crippen molar-refractivity contribution in [2.45, 2.75) is 257 Å². The van der Waals surface area contributed by atoms with Crippen molar-refractivity contribution in [2.75, 3.05) is 6.61 Å². The van der Waals surface area contributed by atoms with Crippen molar-refractivity contribution in [1.29, 1.82) is 0 Å². The normalized spacial score (nSPS) is 13.5. The van der Waals surface area contributed by atoms with Crippen LogP contribution in [0.1, 0.15) is 239 Å². The molecule has 0 bridgehead atoms. The lowest BCUT2D eigenvalue weighted by atomic mass is 10.0. The molecule has 0 aromatic heterocycles. The molecule has 0 aliphatic carbocycles. The fourth-order valence-electron chi connectivity index (χ4n) is 7.01. The van der Waals surface area contributed by atoms with Crippen LogP contribution in [0, 0.1) is 0 Å². The number of ether oxygens (including phenoxy) is 1. The van der Waals surface area contributed by atoms with Gasteiger partial charge in [-0.2, -0.15) is 0 Å². The van der Waals surface area contributed by atoms with Gasteiger partial charge in [-0.1, -0.05) is 206 Å². The lowest BCUT2D eigenvalue weighted by molar-refractivity contribution is -0.150. The fraction of sp³-hybridized carbons (Fsp3) is 0.872. The molecule has 0 heterocycles. The van der Waals surface area contributed by atoms with Gasteiger partial charge in [-0.05, 0) is 44.9 Å². The summed E-state index contributed by atoms with van der Waals surface area (Å²) in [5, 5.41) is 23.6. The van der Waals surface area contributed by atoms with Gasteiger partial charge in [0.2, 0.25) is 5.91 Å². The van der Waals surface area contributed by atoms with E-state index in [2.05, 4.69) is 44.3 Å². The van der Waals surface area contributed by atoms with E-state index < -0.39 is 18.2 Å². The summed E-state index contributed by atoms with van der Waals surface area (Å²) in [6.45, 7) is 6.44. The third kappa shape index (κ3) is 37.1. The molecule has 6 heteroatoms. The summed E-state index contributed by atoms with van der Waals surface area (Å²) in [6.07, 6.45) is 45.3. The Hall–Kier alpha value is -1.66. The number of carbonyl (C=O) groups excluding carboxylic acids is 2. The summed E-state index contributed by atoms with van der Waals surface area (Å²) in [4.78, 5) is 25.9. The van der Waals surface area contributed by atoms with Gasteiger partial charge in [-0.25, -0.2) is 0 Å². The number of aliphatic hydroxyl groups is 2. The second-order valence-corrected chi connectivity index (χ2v) is 15.8. The Morgan fingerprint density at radius 1 is 0.547 bits per heavy atom. The summed E-state index contributed by atoms with van der Waals surface area (Å²) in [7, 11) is 0. The molecule has 0 aliphatic heterocycles. The highest BCUT2D eigenvalue weighted by atomic mass is 16.5. The average Bonchev–Trinajstić information content (AvgIpc) is 3.15. The van der Waals surface area contributed by atoms with Gasteiger partial charge in [0.1, 0.15) is 6.10 Å². The molecule has 0 saturated carbocycles. The molecular weight excluding hydrogens is 659 g/mol. The minimum atomic E-state index is -0.789. The zero-order valence-corrected chi connectivity index (χ0v) is 35.4. The molecule has 3 unspecified atom stereocenters. The van der Waals surface area contributed by atoms with Crippen molar-refractivity contribution < 1.29 is 24.5 Å². The predicted octanol–water partition coefficient (Wildman–Crippen LogP) is 13.2. The SMILES string of the molecule is CCCCCCCC/C=C\C/C=C/CCC(=O)OC(CCCCCCCCCCCC)CC(=O)NC(CO)C(O)CCCCCCCCCCCCC. The monoisotopic (exact) mass is 748 g/mol. The maximum absolute atomic E-state index is 13.1. The van der Waals surface area contributed by atoms with Crippen LogP contribution in [0.3, 0.4) is 0 Å². The largest absolute Gasteiger partial charge is 0.462 e. The molecule has 6 nitrogen and oxygen atoms in total. The molecular formula is C47H89NO5. The molecule has 3 atom stereocenters. The number of hydrogen-bond acceptors (Lipinski definition) is 5. The molecule has 0 aromatic rings. The van der Waals surface area contributed by atoms with Crippen molar-refractivity contribution in [1.82, 2.24) is 5.32 Å². The van der Waals surface area contributed by atoms with Crippen LogP contribution in [0.15, 0.2) is 24.3 Å². The zero-order chi connectivity index (χ0) is 38.9. The molecule has 0 spiro atoms. The van der Waals surface area contributed by atoms with Gasteiger partial charge in [0.05, 0.1) is 25.2 Å². The Bertz CT molecular complexity index is 843.